The van der Waals surface area contributed by atoms with Crippen LogP contribution in [0.2, 0.25) is 0 Å². The molecule has 0 radical (unpaired) electrons. The number of ketones is 1. The van der Waals surface area contributed by atoms with Gasteiger partial charge in [0.2, 0.25) is 0 Å². The zero-order valence-electron chi connectivity index (χ0n) is 20.5. The number of hydrogen-bond donors (Lipinski definition) is 1. The molecular weight excluding hydrogens is 556 g/mol. The summed E-state index contributed by atoms with van der Waals surface area (Å²) in [5, 5.41) is 11.9. The van der Waals surface area contributed by atoms with Crippen LogP contribution in [-0.2, 0) is 4.79 Å². The average molecular weight is 579 g/mol. The molecule has 0 saturated carbocycles. The molecule has 4 aromatic rings. The second kappa shape index (κ2) is 9.64. The Bertz CT molecular complexity index is 1800. The van der Waals surface area contributed by atoms with Gasteiger partial charge in [-0.3, -0.25) is 14.2 Å². The van der Waals surface area contributed by atoms with Gasteiger partial charge in [0.15, 0.2) is 22.1 Å². The van der Waals surface area contributed by atoms with Crippen molar-refractivity contribution in [2.45, 2.75) is 19.9 Å². The standard InChI is InChI=1S/C28H23BrN2O5S/c1-14-24(15(2)32)26(25-18-8-6-5-7-16(18)9-10-21(25)35-3)31-27(34)23(37-28(31)30-14)12-17-11-22(36-4)20(33)13-19(17)29/h5-13,26,33H,1-4H3/b23-12+. The molecule has 1 aliphatic heterocycles. The van der Waals surface area contributed by atoms with Gasteiger partial charge in [0.05, 0.1) is 24.8 Å². The van der Waals surface area contributed by atoms with E-state index in [2.05, 4.69) is 20.9 Å². The number of carbonyl (C=O) groups excluding carboxylic acids is 1. The van der Waals surface area contributed by atoms with Crippen LogP contribution in [-0.4, -0.2) is 29.7 Å². The number of aromatic hydroxyl groups is 1. The van der Waals surface area contributed by atoms with E-state index < -0.39 is 6.04 Å². The number of nitrogens with zero attached hydrogens (tertiary/aromatic N) is 2. The van der Waals surface area contributed by atoms with Crippen molar-refractivity contribution in [2.24, 2.45) is 4.99 Å². The minimum atomic E-state index is -0.713. The van der Waals surface area contributed by atoms with E-state index >= 15 is 0 Å². The molecule has 0 fully saturated rings. The molecule has 5 rings (SSSR count). The van der Waals surface area contributed by atoms with Gasteiger partial charge in [0.1, 0.15) is 5.75 Å². The Morgan fingerprint density at radius 2 is 1.86 bits per heavy atom. The summed E-state index contributed by atoms with van der Waals surface area (Å²) in [6.45, 7) is 3.29. The van der Waals surface area contributed by atoms with E-state index in [9.17, 15) is 14.7 Å². The Morgan fingerprint density at radius 1 is 1.14 bits per heavy atom. The first-order valence-corrected chi connectivity index (χ1v) is 13.0. The Labute approximate surface area is 224 Å². The van der Waals surface area contributed by atoms with E-state index in [0.29, 0.717) is 36.4 Å². The number of aromatic nitrogens is 1. The lowest BCUT2D eigenvalue weighted by Gasteiger charge is -2.27. The first-order chi connectivity index (χ1) is 17.7. The molecule has 0 amide bonds. The Hall–Kier alpha value is -3.69. The number of halogens is 1. The molecular formula is C28H23BrN2O5S. The summed E-state index contributed by atoms with van der Waals surface area (Å²) < 4.78 is 13.6. The lowest BCUT2D eigenvalue weighted by Crippen LogP contribution is -2.39. The maximum atomic E-state index is 14.0. The Morgan fingerprint density at radius 3 is 2.57 bits per heavy atom. The van der Waals surface area contributed by atoms with Crippen LogP contribution in [0.1, 0.15) is 31.0 Å². The van der Waals surface area contributed by atoms with Crippen molar-refractivity contribution < 1.29 is 19.4 Å². The molecule has 1 aliphatic rings. The number of phenolic OH excluding ortho intramolecular Hbond substituents is 1. The Kier molecular flexibility index (Phi) is 6.51. The van der Waals surface area contributed by atoms with Crippen LogP contribution in [0.15, 0.2) is 74.1 Å². The van der Waals surface area contributed by atoms with E-state index in [-0.39, 0.29) is 22.8 Å². The predicted octanol–water partition coefficient (Wildman–Crippen LogP) is 4.46. The van der Waals surface area contributed by atoms with E-state index in [1.807, 2.05) is 36.4 Å². The van der Waals surface area contributed by atoms with Crippen molar-refractivity contribution in [3.63, 3.8) is 0 Å². The predicted molar refractivity (Wildman–Crippen MR) is 147 cm³/mol. The number of carbonyl (C=O) groups is 1. The van der Waals surface area contributed by atoms with Gasteiger partial charge in [-0.2, -0.15) is 0 Å². The molecule has 188 valence electrons. The van der Waals surface area contributed by atoms with Crippen molar-refractivity contribution >= 4 is 49.9 Å². The largest absolute Gasteiger partial charge is 0.504 e. The fraction of sp³-hybridized carbons (Fsp3) is 0.179. The second-order valence-corrected chi connectivity index (χ2v) is 10.4. The number of phenols is 1. The lowest BCUT2D eigenvalue weighted by atomic mass is 9.89. The summed E-state index contributed by atoms with van der Waals surface area (Å²) in [6.07, 6.45) is 1.72. The summed E-state index contributed by atoms with van der Waals surface area (Å²) in [7, 11) is 3.04. The molecule has 1 unspecified atom stereocenters. The zero-order valence-corrected chi connectivity index (χ0v) is 22.9. The van der Waals surface area contributed by atoms with Crippen LogP contribution in [0.4, 0.5) is 0 Å². The smallest absolute Gasteiger partial charge is 0.271 e. The first kappa shape index (κ1) is 25.0. The highest BCUT2D eigenvalue weighted by atomic mass is 79.9. The molecule has 1 atom stereocenters. The monoisotopic (exact) mass is 578 g/mol. The maximum Gasteiger partial charge on any atom is 0.271 e. The van der Waals surface area contributed by atoms with Crippen LogP contribution < -0.4 is 24.4 Å². The van der Waals surface area contributed by atoms with Gasteiger partial charge in [-0.1, -0.05) is 57.6 Å². The van der Waals surface area contributed by atoms with Crippen LogP contribution in [0.25, 0.3) is 16.8 Å². The topological polar surface area (TPSA) is 90.1 Å². The van der Waals surface area contributed by atoms with E-state index in [4.69, 9.17) is 9.47 Å². The molecule has 0 saturated heterocycles. The van der Waals surface area contributed by atoms with Gasteiger partial charge < -0.3 is 14.6 Å². The quantitative estimate of drug-likeness (QED) is 0.377. The first-order valence-electron chi connectivity index (χ1n) is 11.4. The molecule has 3 aromatic carbocycles. The summed E-state index contributed by atoms with van der Waals surface area (Å²) in [4.78, 5) is 32.1. The average Bonchev–Trinajstić information content (AvgIpc) is 3.18. The van der Waals surface area contributed by atoms with Gasteiger partial charge in [0.25, 0.3) is 5.56 Å². The summed E-state index contributed by atoms with van der Waals surface area (Å²) in [5.74, 6) is 0.687. The fourth-order valence-electron chi connectivity index (χ4n) is 4.75. The van der Waals surface area contributed by atoms with E-state index in [1.54, 1.807) is 30.7 Å². The van der Waals surface area contributed by atoms with Crippen LogP contribution >= 0.6 is 27.3 Å². The van der Waals surface area contributed by atoms with Gasteiger partial charge in [-0.05, 0) is 54.5 Å². The number of thiazole rings is 1. The number of hydrogen-bond acceptors (Lipinski definition) is 7. The van der Waals surface area contributed by atoms with Gasteiger partial charge in [-0.25, -0.2) is 4.99 Å². The SMILES string of the molecule is COc1cc(/C=c2/sc3n(c2=O)C(c2c(OC)ccc4ccccc24)C(C(C)=O)=C(C)N=3)c(Br)cc1O. The molecule has 0 aliphatic carbocycles. The number of benzene rings is 3. The molecule has 37 heavy (non-hydrogen) atoms. The third kappa shape index (κ3) is 4.18. The minimum Gasteiger partial charge on any atom is -0.504 e. The number of ether oxygens (including phenoxy) is 2. The molecule has 1 N–H and O–H groups in total. The van der Waals surface area contributed by atoms with Crippen LogP contribution in [0, 0.1) is 0 Å². The van der Waals surface area contributed by atoms with E-state index in [0.717, 1.165) is 16.3 Å². The molecule has 7 nitrogen and oxygen atoms in total. The molecule has 0 bridgehead atoms. The molecule has 0 spiro atoms. The Balaban J connectivity index is 1.85. The van der Waals surface area contributed by atoms with E-state index in [1.165, 1.54) is 31.4 Å². The summed E-state index contributed by atoms with van der Waals surface area (Å²) in [6, 6.07) is 14.1. The fourth-order valence-corrected chi connectivity index (χ4v) is 6.24. The van der Waals surface area contributed by atoms with Gasteiger partial charge >= 0.3 is 0 Å². The second-order valence-electron chi connectivity index (χ2n) is 8.59. The third-order valence-corrected chi connectivity index (χ3v) is 8.08. The number of rotatable bonds is 5. The molecule has 2 heterocycles. The minimum absolute atomic E-state index is 0.0160. The zero-order chi connectivity index (χ0) is 26.4. The van der Waals surface area contributed by atoms with Crippen molar-refractivity contribution in [2.75, 3.05) is 14.2 Å². The summed E-state index contributed by atoms with van der Waals surface area (Å²) >= 11 is 4.69. The van der Waals surface area contributed by atoms with Crippen molar-refractivity contribution in [1.82, 2.24) is 4.57 Å². The lowest BCUT2D eigenvalue weighted by molar-refractivity contribution is -0.114. The number of methoxy groups -OCH3 is 2. The number of fused-ring (bicyclic) bond motifs is 2. The highest BCUT2D eigenvalue weighted by molar-refractivity contribution is 9.10. The van der Waals surface area contributed by atoms with Crippen molar-refractivity contribution in [3.05, 3.63) is 95.1 Å². The third-order valence-electron chi connectivity index (χ3n) is 6.41. The van der Waals surface area contributed by atoms with Crippen molar-refractivity contribution in [3.8, 4) is 17.2 Å². The normalized spacial score (nSPS) is 15.5. The van der Waals surface area contributed by atoms with Crippen LogP contribution in [0.5, 0.6) is 17.2 Å². The maximum absolute atomic E-state index is 14.0. The molecule has 1 aromatic heterocycles. The van der Waals surface area contributed by atoms with Gasteiger partial charge in [0, 0.05) is 21.3 Å². The highest BCUT2D eigenvalue weighted by Gasteiger charge is 2.33. The number of Topliss-reactive ketones (excluding diaryl/α,β-unsaturated/α-hetero) is 1. The number of allylic oxidation sites excluding steroid dienone is 2. The van der Waals surface area contributed by atoms with Gasteiger partial charge in [-0.15, -0.1) is 0 Å². The molecule has 9 heteroatoms. The highest BCUT2D eigenvalue weighted by Crippen LogP contribution is 2.40. The summed E-state index contributed by atoms with van der Waals surface area (Å²) in [5.41, 5.74) is 2.12. The van der Waals surface area contributed by atoms with Crippen LogP contribution in [0.3, 0.4) is 0 Å². The van der Waals surface area contributed by atoms with Crippen molar-refractivity contribution in [1.29, 1.82) is 0 Å².